The van der Waals surface area contributed by atoms with E-state index in [9.17, 15) is 13.6 Å². The molecule has 1 heterocycles. The molecular formula is C23H27F2N5OS2. The molecule has 1 N–H and O–H groups in total. The molecule has 10 heteroatoms. The molecule has 3 rings (SSSR count). The number of rotatable bonds is 11. The normalized spacial score (nSPS) is 12.3. The van der Waals surface area contributed by atoms with Crippen molar-refractivity contribution in [2.75, 3.05) is 25.2 Å². The Morgan fingerprint density at radius 2 is 1.79 bits per heavy atom. The molecule has 1 amide bonds. The maximum absolute atomic E-state index is 12.5. The van der Waals surface area contributed by atoms with Crippen LogP contribution in [0.2, 0.25) is 0 Å². The number of anilines is 1. The maximum atomic E-state index is 12.5. The second kappa shape index (κ2) is 12.2. The van der Waals surface area contributed by atoms with Crippen molar-refractivity contribution in [3.05, 3.63) is 66.0 Å². The SMILES string of the molecule is CCC(c1nnc(SCC(=O)Nc2ccc(SC(F)F)cc2)n1Cc1ccccc1)N(C)C. The number of alkyl halides is 2. The Labute approximate surface area is 201 Å². The smallest absolute Gasteiger partial charge is 0.288 e. The number of halogens is 2. The zero-order valence-corrected chi connectivity index (χ0v) is 20.4. The van der Waals surface area contributed by atoms with Gasteiger partial charge in [-0.25, -0.2) is 0 Å². The van der Waals surface area contributed by atoms with E-state index < -0.39 is 5.76 Å². The summed E-state index contributed by atoms with van der Waals surface area (Å²) in [5, 5.41) is 12.3. The topological polar surface area (TPSA) is 63.1 Å². The van der Waals surface area contributed by atoms with Gasteiger partial charge in [0.15, 0.2) is 11.0 Å². The Balaban J connectivity index is 1.70. The van der Waals surface area contributed by atoms with Crippen LogP contribution in [0.5, 0.6) is 0 Å². The number of nitrogens with one attached hydrogen (secondary N) is 1. The van der Waals surface area contributed by atoms with Crippen molar-refractivity contribution in [1.82, 2.24) is 19.7 Å². The van der Waals surface area contributed by atoms with E-state index in [1.807, 2.05) is 32.3 Å². The molecule has 1 atom stereocenters. The third-order valence-corrected chi connectivity index (χ3v) is 6.62. The van der Waals surface area contributed by atoms with Crippen LogP contribution in [-0.4, -0.2) is 51.2 Å². The summed E-state index contributed by atoms with van der Waals surface area (Å²) in [6, 6.07) is 16.5. The van der Waals surface area contributed by atoms with Gasteiger partial charge in [0.25, 0.3) is 5.76 Å². The van der Waals surface area contributed by atoms with Crippen molar-refractivity contribution in [3.8, 4) is 0 Å². The number of amides is 1. The average Bonchev–Trinajstić information content (AvgIpc) is 3.16. The van der Waals surface area contributed by atoms with Crippen LogP contribution in [0.4, 0.5) is 14.5 Å². The Kier molecular flexibility index (Phi) is 9.28. The Morgan fingerprint density at radius 3 is 2.39 bits per heavy atom. The molecule has 0 aliphatic carbocycles. The summed E-state index contributed by atoms with van der Waals surface area (Å²) in [5.41, 5.74) is 1.68. The van der Waals surface area contributed by atoms with Crippen LogP contribution in [0.15, 0.2) is 64.6 Å². The molecule has 1 unspecified atom stereocenters. The van der Waals surface area contributed by atoms with Crippen molar-refractivity contribution in [1.29, 1.82) is 0 Å². The molecule has 0 radical (unpaired) electrons. The van der Waals surface area contributed by atoms with E-state index in [1.54, 1.807) is 24.3 Å². The lowest BCUT2D eigenvalue weighted by atomic mass is 10.2. The van der Waals surface area contributed by atoms with Crippen LogP contribution in [0.1, 0.15) is 30.8 Å². The highest BCUT2D eigenvalue weighted by atomic mass is 32.2. The quantitative estimate of drug-likeness (QED) is 0.363. The minimum atomic E-state index is -2.47. The second-order valence-electron chi connectivity index (χ2n) is 7.54. The number of carbonyl (C=O) groups excluding carboxylic acids is 1. The van der Waals surface area contributed by atoms with Gasteiger partial charge in [0.05, 0.1) is 18.3 Å². The molecule has 1 aromatic heterocycles. The molecule has 33 heavy (non-hydrogen) atoms. The van der Waals surface area contributed by atoms with Crippen LogP contribution in [-0.2, 0) is 11.3 Å². The van der Waals surface area contributed by atoms with Crippen molar-refractivity contribution in [2.24, 2.45) is 0 Å². The van der Waals surface area contributed by atoms with E-state index in [4.69, 9.17) is 0 Å². The zero-order chi connectivity index (χ0) is 23.8. The van der Waals surface area contributed by atoms with Gasteiger partial charge in [-0.15, -0.1) is 10.2 Å². The second-order valence-corrected chi connectivity index (χ2v) is 9.55. The fourth-order valence-corrected chi connectivity index (χ4v) is 4.64. The monoisotopic (exact) mass is 491 g/mol. The van der Waals surface area contributed by atoms with Gasteiger partial charge >= 0.3 is 0 Å². The van der Waals surface area contributed by atoms with Crippen LogP contribution >= 0.6 is 23.5 Å². The van der Waals surface area contributed by atoms with E-state index in [-0.39, 0.29) is 17.7 Å². The standard InChI is InChI=1S/C23H27F2N5OS2/c1-4-19(29(2)3)21-27-28-23(30(21)14-16-8-6-5-7-9-16)32-15-20(31)26-17-10-12-18(13-11-17)33-22(24)25/h5-13,19,22H,4,14-15H2,1-3H3,(H,26,31). The largest absolute Gasteiger partial charge is 0.325 e. The number of hydrogen-bond acceptors (Lipinski definition) is 6. The van der Waals surface area contributed by atoms with Crippen LogP contribution < -0.4 is 5.32 Å². The third-order valence-electron chi connectivity index (χ3n) is 4.93. The van der Waals surface area contributed by atoms with Gasteiger partial charge < -0.3 is 9.88 Å². The van der Waals surface area contributed by atoms with Crippen molar-refractivity contribution < 1.29 is 13.6 Å². The lowest BCUT2D eigenvalue weighted by molar-refractivity contribution is -0.113. The van der Waals surface area contributed by atoms with Crippen molar-refractivity contribution in [2.45, 2.75) is 41.7 Å². The molecule has 0 aliphatic heterocycles. The lowest BCUT2D eigenvalue weighted by Gasteiger charge is -2.23. The first-order valence-electron chi connectivity index (χ1n) is 10.5. The fourth-order valence-electron chi connectivity index (χ4n) is 3.39. The molecule has 0 saturated heterocycles. The highest BCUT2D eigenvalue weighted by Crippen LogP contribution is 2.28. The lowest BCUT2D eigenvalue weighted by Crippen LogP contribution is -2.23. The Bertz CT molecular complexity index is 1030. The van der Waals surface area contributed by atoms with E-state index in [0.29, 0.717) is 34.0 Å². The molecule has 176 valence electrons. The molecule has 2 aromatic carbocycles. The number of aromatic nitrogens is 3. The van der Waals surface area contributed by atoms with Crippen LogP contribution in [0.25, 0.3) is 0 Å². The van der Waals surface area contributed by atoms with E-state index >= 15 is 0 Å². The van der Waals surface area contributed by atoms with Gasteiger partial charge in [-0.05, 0) is 50.3 Å². The van der Waals surface area contributed by atoms with E-state index in [2.05, 4.69) is 44.0 Å². The molecule has 0 aliphatic rings. The summed E-state index contributed by atoms with van der Waals surface area (Å²) in [6.45, 7) is 2.72. The first-order valence-corrected chi connectivity index (χ1v) is 12.3. The first-order chi connectivity index (χ1) is 15.9. The van der Waals surface area contributed by atoms with E-state index in [1.165, 1.54) is 11.8 Å². The zero-order valence-electron chi connectivity index (χ0n) is 18.7. The minimum Gasteiger partial charge on any atom is -0.325 e. The van der Waals surface area contributed by atoms with Gasteiger partial charge in [0.2, 0.25) is 5.91 Å². The highest BCUT2D eigenvalue weighted by molar-refractivity contribution is 8.00. The van der Waals surface area contributed by atoms with Gasteiger partial charge in [0.1, 0.15) is 0 Å². The third kappa shape index (κ3) is 7.28. The molecule has 0 fully saturated rings. The van der Waals surface area contributed by atoms with Gasteiger partial charge in [-0.1, -0.05) is 60.8 Å². The number of nitrogens with zero attached hydrogens (tertiary/aromatic N) is 4. The molecular weight excluding hydrogens is 464 g/mol. The minimum absolute atomic E-state index is 0.106. The summed E-state index contributed by atoms with van der Waals surface area (Å²) < 4.78 is 27.0. The molecule has 0 spiro atoms. The van der Waals surface area contributed by atoms with E-state index in [0.717, 1.165) is 17.8 Å². The van der Waals surface area contributed by atoms with Crippen molar-refractivity contribution in [3.63, 3.8) is 0 Å². The summed E-state index contributed by atoms with van der Waals surface area (Å²) in [5.74, 6) is -1.66. The van der Waals surface area contributed by atoms with Gasteiger partial charge in [0, 0.05) is 10.6 Å². The number of hydrogen-bond donors (Lipinski definition) is 1. The summed E-state index contributed by atoms with van der Waals surface area (Å²) in [7, 11) is 4.03. The van der Waals surface area contributed by atoms with Gasteiger partial charge in [-0.2, -0.15) is 8.78 Å². The summed E-state index contributed by atoms with van der Waals surface area (Å²) in [4.78, 5) is 15.1. The number of thioether (sulfide) groups is 2. The molecule has 0 bridgehead atoms. The van der Waals surface area contributed by atoms with Gasteiger partial charge in [-0.3, -0.25) is 9.69 Å². The number of benzene rings is 2. The highest BCUT2D eigenvalue weighted by Gasteiger charge is 2.22. The first kappa shape index (κ1) is 25.2. The Morgan fingerprint density at radius 1 is 1.09 bits per heavy atom. The predicted molar refractivity (Wildman–Crippen MR) is 130 cm³/mol. The molecule has 0 saturated carbocycles. The van der Waals surface area contributed by atoms with Crippen LogP contribution in [0.3, 0.4) is 0 Å². The summed E-state index contributed by atoms with van der Waals surface area (Å²) in [6.07, 6.45) is 0.880. The fraction of sp³-hybridized carbons (Fsp3) is 0.348. The molecule has 3 aromatic rings. The number of carbonyl (C=O) groups is 1. The maximum Gasteiger partial charge on any atom is 0.288 e. The van der Waals surface area contributed by atoms with Crippen molar-refractivity contribution >= 4 is 35.1 Å². The molecule has 6 nitrogen and oxygen atoms in total. The van der Waals surface area contributed by atoms with Crippen LogP contribution in [0, 0.1) is 0 Å². The Hall–Kier alpha value is -2.43. The average molecular weight is 492 g/mol. The summed E-state index contributed by atoms with van der Waals surface area (Å²) >= 11 is 1.79. The predicted octanol–water partition coefficient (Wildman–Crippen LogP) is 5.38.